The molecule has 1 amide bonds. The summed E-state index contributed by atoms with van der Waals surface area (Å²) in [5, 5.41) is 0. The van der Waals surface area contributed by atoms with Crippen molar-refractivity contribution >= 4 is 5.91 Å². The first-order valence-corrected chi connectivity index (χ1v) is 9.60. The van der Waals surface area contributed by atoms with Gasteiger partial charge in [-0.1, -0.05) is 19.9 Å². The molecule has 2 aliphatic rings. The molecule has 1 spiro atoms. The molecule has 25 heavy (non-hydrogen) atoms. The molecule has 138 valence electrons. The van der Waals surface area contributed by atoms with E-state index < -0.39 is 0 Å². The maximum absolute atomic E-state index is 12.3. The molecule has 5 heteroatoms. The van der Waals surface area contributed by atoms with Gasteiger partial charge in [-0.05, 0) is 38.3 Å². The average Bonchev–Trinajstić information content (AvgIpc) is 2.99. The van der Waals surface area contributed by atoms with Gasteiger partial charge in [0.1, 0.15) is 0 Å². The molecule has 0 aliphatic carbocycles. The molecule has 1 aromatic rings. The molecule has 1 atom stereocenters. The van der Waals surface area contributed by atoms with Crippen LogP contribution in [-0.4, -0.2) is 53.5 Å². The number of aromatic nitrogens is 1. The zero-order chi connectivity index (χ0) is 17.9. The first-order chi connectivity index (χ1) is 12.0. The van der Waals surface area contributed by atoms with Gasteiger partial charge in [-0.3, -0.25) is 9.69 Å². The van der Waals surface area contributed by atoms with E-state index in [1.807, 2.05) is 33.0 Å². The summed E-state index contributed by atoms with van der Waals surface area (Å²) in [5.41, 5.74) is 1.52. The van der Waals surface area contributed by atoms with Crippen LogP contribution in [0.15, 0.2) is 18.3 Å². The lowest BCUT2D eigenvalue weighted by molar-refractivity contribution is -0.134. The van der Waals surface area contributed by atoms with Crippen molar-refractivity contribution in [2.45, 2.75) is 46.6 Å². The summed E-state index contributed by atoms with van der Waals surface area (Å²) in [6.45, 7) is 11.6. The summed E-state index contributed by atoms with van der Waals surface area (Å²) in [7, 11) is 0. The highest BCUT2D eigenvalue weighted by Crippen LogP contribution is 2.39. The first kappa shape index (κ1) is 18.2. The van der Waals surface area contributed by atoms with E-state index in [2.05, 4.69) is 20.9 Å². The van der Waals surface area contributed by atoms with E-state index in [-0.39, 0.29) is 5.92 Å². The van der Waals surface area contributed by atoms with Crippen molar-refractivity contribution < 1.29 is 9.53 Å². The molecule has 0 radical (unpaired) electrons. The van der Waals surface area contributed by atoms with Crippen LogP contribution in [0.2, 0.25) is 0 Å². The van der Waals surface area contributed by atoms with Crippen molar-refractivity contribution in [3.05, 3.63) is 23.9 Å². The number of amides is 1. The van der Waals surface area contributed by atoms with Crippen LogP contribution >= 0.6 is 0 Å². The molecule has 0 N–H and O–H groups in total. The number of piperidine rings is 1. The van der Waals surface area contributed by atoms with Crippen LogP contribution < -0.4 is 4.74 Å². The first-order valence-electron chi connectivity index (χ1n) is 9.60. The molecule has 3 rings (SSSR count). The Labute approximate surface area is 151 Å². The Morgan fingerprint density at radius 1 is 1.28 bits per heavy atom. The summed E-state index contributed by atoms with van der Waals surface area (Å²) in [4.78, 5) is 21.3. The van der Waals surface area contributed by atoms with Gasteiger partial charge in [-0.2, -0.15) is 0 Å². The smallest absolute Gasteiger partial charge is 0.225 e. The largest absolute Gasteiger partial charge is 0.478 e. The predicted molar refractivity (Wildman–Crippen MR) is 98.4 cm³/mol. The van der Waals surface area contributed by atoms with Crippen LogP contribution in [0.1, 0.15) is 45.6 Å². The third kappa shape index (κ3) is 4.32. The molecule has 5 nitrogen and oxygen atoms in total. The van der Waals surface area contributed by atoms with E-state index >= 15 is 0 Å². The maximum atomic E-state index is 12.3. The second kappa shape index (κ2) is 7.73. The fourth-order valence-corrected chi connectivity index (χ4v) is 4.26. The molecule has 0 unspecified atom stereocenters. The number of pyridine rings is 1. The van der Waals surface area contributed by atoms with Crippen LogP contribution in [0, 0.1) is 11.3 Å². The Morgan fingerprint density at radius 3 is 2.80 bits per heavy atom. The summed E-state index contributed by atoms with van der Waals surface area (Å²) >= 11 is 0. The van der Waals surface area contributed by atoms with Crippen LogP contribution in [0.3, 0.4) is 0 Å². The van der Waals surface area contributed by atoms with E-state index in [9.17, 15) is 4.79 Å². The Hall–Kier alpha value is -1.62. The Kier molecular flexibility index (Phi) is 5.62. The van der Waals surface area contributed by atoms with Crippen molar-refractivity contribution in [2.24, 2.45) is 11.3 Å². The molecular weight excluding hydrogens is 314 g/mol. The van der Waals surface area contributed by atoms with Crippen LogP contribution in [-0.2, 0) is 11.3 Å². The normalized spacial score (nSPS) is 24.2. The van der Waals surface area contributed by atoms with Crippen LogP contribution in [0.5, 0.6) is 5.88 Å². The van der Waals surface area contributed by atoms with Crippen molar-refractivity contribution in [1.82, 2.24) is 14.8 Å². The monoisotopic (exact) mass is 345 g/mol. The quantitative estimate of drug-likeness (QED) is 0.823. The fraction of sp³-hybridized carbons (Fsp3) is 0.700. The molecule has 3 heterocycles. The summed E-state index contributed by atoms with van der Waals surface area (Å²) in [5.74, 6) is 1.11. The van der Waals surface area contributed by atoms with Crippen molar-refractivity contribution in [3.8, 4) is 5.88 Å². The van der Waals surface area contributed by atoms with Crippen LogP contribution in [0.4, 0.5) is 0 Å². The van der Waals surface area contributed by atoms with Gasteiger partial charge in [-0.25, -0.2) is 4.98 Å². The minimum atomic E-state index is 0.102. The number of hydrogen-bond donors (Lipinski definition) is 0. The molecule has 0 aromatic carbocycles. The lowest BCUT2D eigenvalue weighted by Gasteiger charge is -2.40. The maximum Gasteiger partial charge on any atom is 0.225 e. The molecule has 1 aromatic heterocycles. The van der Waals surface area contributed by atoms with Crippen molar-refractivity contribution in [3.63, 3.8) is 0 Å². The SMILES string of the molecule is CCOc1ccc(CN2CCC[C@@]3(CCN(C(=O)C(C)C)C3)C2)cn1. The zero-order valence-electron chi connectivity index (χ0n) is 15.8. The second-order valence-electron chi connectivity index (χ2n) is 7.92. The highest BCUT2D eigenvalue weighted by molar-refractivity contribution is 5.78. The number of nitrogens with zero attached hydrogens (tertiary/aromatic N) is 3. The fourth-order valence-electron chi connectivity index (χ4n) is 4.26. The lowest BCUT2D eigenvalue weighted by atomic mass is 9.79. The van der Waals surface area contributed by atoms with Crippen molar-refractivity contribution in [2.75, 3.05) is 32.8 Å². The van der Waals surface area contributed by atoms with E-state index in [1.54, 1.807) is 0 Å². The van der Waals surface area contributed by atoms with E-state index in [0.717, 1.165) is 39.1 Å². The van der Waals surface area contributed by atoms with E-state index in [0.29, 0.717) is 23.8 Å². The minimum absolute atomic E-state index is 0.102. The third-order valence-electron chi connectivity index (χ3n) is 5.48. The average molecular weight is 345 g/mol. The summed E-state index contributed by atoms with van der Waals surface area (Å²) < 4.78 is 5.42. The summed E-state index contributed by atoms with van der Waals surface area (Å²) in [6, 6.07) is 4.07. The topological polar surface area (TPSA) is 45.7 Å². The number of hydrogen-bond acceptors (Lipinski definition) is 4. The highest BCUT2D eigenvalue weighted by atomic mass is 16.5. The number of carbonyl (C=O) groups excluding carboxylic acids is 1. The Morgan fingerprint density at radius 2 is 2.12 bits per heavy atom. The molecular formula is C20H31N3O2. The second-order valence-corrected chi connectivity index (χ2v) is 7.92. The van der Waals surface area contributed by atoms with Gasteiger partial charge < -0.3 is 9.64 Å². The molecule has 0 bridgehead atoms. The number of likely N-dealkylation sites (tertiary alicyclic amines) is 2. The van der Waals surface area contributed by atoms with Gasteiger partial charge in [0, 0.05) is 49.8 Å². The Bertz CT molecular complexity index is 587. The van der Waals surface area contributed by atoms with Crippen molar-refractivity contribution in [1.29, 1.82) is 0 Å². The zero-order valence-corrected chi connectivity index (χ0v) is 15.8. The molecule has 2 saturated heterocycles. The lowest BCUT2D eigenvalue weighted by Crippen LogP contribution is -2.45. The molecule has 2 fully saturated rings. The van der Waals surface area contributed by atoms with E-state index in [4.69, 9.17) is 4.74 Å². The highest BCUT2D eigenvalue weighted by Gasteiger charge is 2.42. The molecule has 2 aliphatic heterocycles. The van der Waals surface area contributed by atoms with Gasteiger partial charge in [0.05, 0.1) is 6.61 Å². The standard InChI is InChI=1S/C20H31N3O2/c1-4-25-18-7-6-17(12-21-18)13-22-10-5-8-20(14-22)9-11-23(15-20)19(24)16(2)3/h6-7,12,16H,4-5,8-11,13-15H2,1-3H3/t20-/m1/s1. The van der Waals surface area contributed by atoms with Gasteiger partial charge in [0.25, 0.3) is 0 Å². The minimum Gasteiger partial charge on any atom is -0.478 e. The molecule has 0 saturated carbocycles. The predicted octanol–water partition coefficient (Wildman–Crippen LogP) is 2.95. The number of ether oxygens (including phenoxy) is 1. The van der Waals surface area contributed by atoms with Gasteiger partial charge in [-0.15, -0.1) is 0 Å². The third-order valence-corrected chi connectivity index (χ3v) is 5.48. The van der Waals surface area contributed by atoms with E-state index in [1.165, 1.54) is 18.4 Å². The number of rotatable bonds is 5. The Balaban J connectivity index is 1.59. The van der Waals surface area contributed by atoms with Crippen LogP contribution in [0.25, 0.3) is 0 Å². The van der Waals surface area contributed by atoms with Gasteiger partial charge in [0.15, 0.2) is 0 Å². The number of carbonyl (C=O) groups is 1. The van der Waals surface area contributed by atoms with Gasteiger partial charge >= 0.3 is 0 Å². The summed E-state index contributed by atoms with van der Waals surface area (Å²) in [6.07, 6.45) is 5.53. The van der Waals surface area contributed by atoms with Gasteiger partial charge in [0.2, 0.25) is 11.8 Å².